The smallest absolute Gasteiger partial charge is 0.239 e. The topological polar surface area (TPSA) is 85.6 Å². The van der Waals surface area contributed by atoms with Gasteiger partial charge in [-0.1, -0.05) is 67.2 Å². The van der Waals surface area contributed by atoms with Crippen molar-refractivity contribution in [3.05, 3.63) is 70.7 Å². The van der Waals surface area contributed by atoms with E-state index >= 15 is 0 Å². The van der Waals surface area contributed by atoms with Crippen LogP contribution in [-0.2, 0) is 24.2 Å². The summed E-state index contributed by atoms with van der Waals surface area (Å²) in [5.74, 6) is -0.0675. The number of aromatic nitrogens is 5. The minimum atomic E-state index is -0.336. The molecule has 1 N–H and O–H groups in total. The van der Waals surface area contributed by atoms with E-state index in [0.29, 0.717) is 23.3 Å². The lowest BCUT2D eigenvalue weighted by Crippen LogP contribution is -2.24. The third-order valence-electron chi connectivity index (χ3n) is 6.52. The highest BCUT2D eigenvalue weighted by atomic mass is 32.2. The molecule has 3 aromatic heterocycles. The highest BCUT2D eigenvalue weighted by Gasteiger charge is 2.24. The summed E-state index contributed by atoms with van der Waals surface area (Å²) < 4.78 is 2.18. The number of hydrogen-bond acceptors (Lipinski definition) is 7. The zero-order valence-electron chi connectivity index (χ0n) is 20.0. The number of nitrogens with zero attached hydrogens (tertiary/aromatic N) is 5. The molecule has 9 heteroatoms. The predicted octanol–water partition coefficient (Wildman–Crippen LogP) is 5.87. The molecule has 36 heavy (non-hydrogen) atoms. The molecule has 2 aromatic carbocycles. The molecule has 182 valence electrons. The van der Waals surface area contributed by atoms with Crippen LogP contribution in [0.2, 0.25) is 0 Å². The van der Waals surface area contributed by atoms with Crippen LogP contribution in [0.25, 0.3) is 22.1 Å². The summed E-state index contributed by atoms with van der Waals surface area (Å²) in [4.78, 5) is 24.0. The van der Waals surface area contributed by atoms with E-state index in [9.17, 15) is 4.79 Å². The van der Waals surface area contributed by atoms with Crippen molar-refractivity contribution >= 4 is 56.2 Å². The number of para-hydroxylation sites is 1. The maximum atomic E-state index is 13.1. The van der Waals surface area contributed by atoms with Crippen molar-refractivity contribution in [2.45, 2.75) is 56.0 Å². The number of aryl methyl sites for hydroxylation is 2. The monoisotopic (exact) mass is 514 g/mol. The van der Waals surface area contributed by atoms with Crippen LogP contribution in [0.5, 0.6) is 0 Å². The minimum absolute atomic E-state index is 0.0675. The van der Waals surface area contributed by atoms with Crippen LogP contribution >= 0.6 is 23.1 Å². The molecule has 5 aromatic rings. The van der Waals surface area contributed by atoms with Gasteiger partial charge in [-0.2, -0.15) is 0 Å². The SMILES string of the molecule is CCC(Sc1nnc2c3ccccc3n(Cc3ccccc3)c2n1)C(=O)Nc1nc2c(s1)CCCC2. The molecule has 0 spiro atoms. The molecule has 0 radical (unpaired) electrons. The van der Waals surface area contributed by atoms with Gasteiger partial charge in [0.15, 0.2) is 10.8 Å². The number of hydrogen-bond donors (Lipinski definition) is 1. The van der Waals surface area contributed by atoms with Crippen LogP contribution in [0.3, 0.4) is 0 Å². The molecule has 0 fully saturated rings. The van der Waals surface area contributed by atoms with Gasteiger partial charge in [0, 0.05) is 16.8 Å². The van der Waals surface area contributed by atoms with Crippen LogP contribution < -0.4 is 5.32 Å². The number of thioether (sulfide) groups is 1. The van der Waals surface area contributed by atoms with Gasteiger partial charge in [-0.3, -0.25) is 4.79 Å². The van der Waals surface area contributed by atoms with Crippen molar-refractivity contribution in [2.75, 3.05) is 5.32 Å². The molecule has 1 aliphatic carbocycles. The number of nitrogens with one attached hydrogen (secondary N) is 1. The zero-order chi connectivity index (χ0) is 24.5. The van der Waals surface area contributed by atoms with Gasteiger partial charge in [-0.15, -0.1) is 21.5 Å². The summed E-state index contributed by atoms with van der Waals surface area (Å²) in [5.41, 5.74) is 4.95. The van der Waals surface area contributed by atoms with E-state index in [0.717, 1.165) is 40.6 Å². The Labute approximate surface area is 217 Å². The number of anilines is 1. The predicted molar refractivity (Wildman–Crippen MR) is 146 cm³/mol. The maximum absolute atomic E-state index is 13.1. The standard InChI is InChI=1S/C27H26N6OS2/c1-2-21(25(34)30-26-28-19-13-7-9-15-22(19)36-26)35-27-29-24-23(31-32-27)18-12-6-8-14-20(18)33(24)16-17-10-4-3-5-11-17/h3-6,8,10-12,14,21H,2,7,9,13,15-16H2,1H3,(H,28,30,34). The van der Waals surface area contributed by atoms with E-state index in [1.807, 2.05) is 37.3 Å². The van der Waals surface area contributed by atoms with E-state index < -0.39 is 0 Å². The second kappa shape index (κ2) is 9.99. The number of benzene rings is 2. The Morgan fingerprint density at radius 3 is 2.69 bits per heavy atom. The van der Waals surface area contributed by atoms with Gasteiger partial charge in [-0.25, -0.2) is 9.97 Å². The Balaban J connectivity index is 1.28. The molecule has 0 saturated carbocycles. The Morgan fingerprint density at radius 1 is 1.06 bits per heavy atom. The molecule has 1 atom stereocenters. The summed E-state index contributed by atoms with van der Waals surface area (Å²) in [7, 11) is 0. The third kappa shape index (κ3) is 4.49. The highest BCUT2D eigenvalue weighted by molar-refractivity contribution is 8.00. The number of carbonyl (C=O) groups is 1. The van der Waals surface area contributed by atoms with Gasteiger partial charge in [0.25, 0.3) is 0 Å². The molecular weight excluding hydrogens is 488 g/mol. The molecule has 0 saturated heterocycles. The summed E-state index contributed by atoms with van der Waals surface area (Å²) >= 11 is 2.96. The van der Waals surface area contributed by atoms with Gasteiger partial charge in [0.2, 0.25) is 11.1 Å². The molecular formula is C27H26N6OS2. The first-order chi connectivity index (χ1) is 17.7. The largest absolute Gasteiger partial charge is 0.319 e. The van der Waals surface area contributed by atoms with Crippen molar-refractivity contribution in [1.82, 2.24) is 24.7 Å². The van der Waals surface area contributed by atoms with Gasteiger partial charge >= 0.3 is 0 Å². The van der Waals surface area contributed by atoms with Crippen molar-refractivity contribution in [2.24, 2.45) is 0 Å². The fraction of sp³-hybridized carbons (Fsp3) is 0.296. The lowest BCUT2D eigenvalue weighted by atomic mass is 10.0. The average Bonchev–Trinajstić information content (AvgIpc) is 3.46. The molecule has 0 bridgehead atoms. The fourth-order valence-corrected chi connectivity index (χ4v) is 6.57. The second-order valence-corrected chi connectivity index (χ2v) is 11.2. The van der Waals surface area contributed by atoms with Crippen LogP contribution in [0.1, 0.15) is 42.3 Å². The van der Waals surface area contributed by atoms with Crippen molar-refractivity contribution < 1.29 is 4.79 Å². The molecule has 1 unspecified atom stereocenters. The first-order valence-corrected chi connectivity index (χ1v) is 14.0. The first-order valence-electron chi connectivity index (χ1n) is 12.3. The minimum Gasteiger partial charge on any atom is -0.319 e. The first kappa shape index (κ1) is 23.1. The Morgan fingerprint density at radius 2 is 1.86 bits per heavy atom. The summed E-state index contributed by atoms with van der Waals surface area (Å²) in [6, 6.07) is 18.5. The molecule has 1 aliphatic rings. The second-order valence-electron chi connectivity index (χ2n) is 8.96. The highest BCUT2D eigenvalue weighted by Crippen LogP contribution is 2.32. The quantitative estimate of drug-likeness (QED) is 0.273. The average molecular weight is 515 g/mol. The molecule has 0 aliphatic heterocycles. The van der Waals surface area contributed by atoms with Crippen LogP contribution in [0, 0.1) is 0 Å². The lowest BCUT2D eigenvalue weighted by molar-refractivity contribution is -0.115. The number of amides is 1. The third-order valence-corrected chi connectivity index (χ3v) is 8.81. The Bertz CT molecular complexity index is 1520. The van der Waals surface area contributed by atoms with E-state index in [1.165, 1.54) is 35.0 Å². The molecule has 3 heterocycles. The number of rotatable bonds is 7. The summed E-state index contributed by atoms with van der Waals surface area (Å²) in [5, 5.41) is 13.9. The van der Waals surface area contributed by atoms with Crippen LogP contribution in [0.4, 0.5) is 5.13 Å². The summed E-state index contributed by atoms with van der Waals surface area (Å²) in [6.07, 6.45) is 5.08. The van der Waals surface area contributed by atoms with E-state index in [-0.39, 0.29) is 11.2 Å². The van der Waals surface area contributed by atoms with Crippen molar-refractivity contribution in [3.63, 3.8) is 0 Å². The number of fused-ring (bicyclic) bond motifs is 4. The number of thiazole rings is 1. The van der Waals surface area contributed by atoms with Gasteiger partial charge < -0.3 is 9.88 Å². The number of carbonyl (C=O) groups excluding carboxylic acids is 1. The Kier molecular flexibility index (Phi) is 6.41. The van der Waals surface area contributed by atoms with E-state index in [1.54, 1.807) is 11.3 Å². The van der Waals surface area contributed by atoms with Gasteiger partial charge in [-0.05, 0) is 43.7 Å². The van der Waals surface area contributed by atoms with Crippen molar-refractivity contribution in [1.29, 1.82) is 0 Å². The van der Waals surface area contributed by atoms with Crippen LogP contribution in [0.15, 0.2) is 59.8 Å². The Hall–Kier alpha value is -3.30. The summed E-state index contributed by atoms with van der Waals surface area (Å²) in [6.45, 7) is 2.68. The zero-order valence-corrected chi connectivity index (χ0v) is 21.6. The van der Waals surface area contributed by atoms with Gasteiger partial charge in [0.05, 0.1) is 16.5 Å². The maximum Gasteiger partial charge on any atom is 0.239 e. The van der Waals surface area contributed by atoms with Crippen molar-refractivity contribution in [3.8, 4) is 0 Å². The fourth-order valence-electron chi connectivity index (χ4n) is 4.71. The molecule has 6 rings (SSSR count). The molecule has 1 amide bonds. The van der Waals surface area contributed by atoms with Gasteiger partial charge in [0.1, 0.15) is 5.52 Å². The lowest BCUT2D eigenvalue weighted by Gasteiger charge is -2.12. The molecule has 7 nitrogen and oxygen atoms in total. The normalized spacial score (nSPS) is 14.1. The van der Waals surface area contributed by atoms with E-state index in [4.69, 9.17) is 4.98 Å². The van der Waals surface area contributed by atoms with Crippen LogP contribution in [-0.4, -0.2) is 35.9 Å². The van der Waals surface area contributed by atoms with E-state index in [2.05, 4.69) is 49.3 Å².